The number of rotatable bonds is 6. The number of esters is 1. The van der Waals surface area contributed by atoms with Crippen LogP contribution in [0.1, 0.15) is 43.0 Å². The highest BCUT2D eigenvalue weighted by Gasteiger charge is 2.55. The number of carbonyl (C=O) groups is 5. The molecule has 2 fully saturated rings. The van der Waals surface area contributed by atoms with Crippen LogP contribution in [0.2, 0.25) is 0 Å². The Morgan fingerprint density at radius 1 is 1.23 bits per heavy atom. The molecule has 5 amide bonds. The van der Waals surface area contributed by atoms with Crippen molar-refractivity contribution in [1.82, 2.24) is 10.2 Å². The van der Waals surface area contributed by atoms with E-state index in [0.29, 0.717) is 12.1 Å². The normalized spacial score (nSPS) is 23.2. The molecule has 0 radical (unpaired) electrons. The standard InChI is InChI=1S/C20H24N4O6/c1-12-4-2-3-9-20(12)18(28)24(19(29)23-20)10-16(26)30-11-15(25)22-14-7-5-13(6-8-14)17(21)27/h5-8,12H,2-4,9-11H2,1H3,(H2,21,27)(H,22,25)(H,23,29)/t12-,20+/m0/s1. The molecular formula is C20H24N4O6. The van der Waals surface area contributed by atoms with Gasteiger partial charge < -0.3 is 21.1 Å². The molecule has 10 nitrogen and oxygen atoms in total. The molecule has 1 saturated carbocycles. The maximum atomic E-state index is 12.8. The van der Waals surface area contributed by atoms with E-state index in [-0.39, 0.29) is 11.5 Å². The van der Waals surface area contributed by atoms with Gasteiger partial charge in [0.2, 0.25) is 5.91 Å². The highest BCUT2D eigenvalue weighted by atomic mass is 16.5. The Morgan fingerprint density at radius 3 is 2.57 bits per heavy atom. The van der Waals surface area contributed by atoms with Crippen LogP contribution >= 0.6 is 0 Å². The first-order chi connectivity index (χ1) is 14.2. The Kier molecular flexibility index (Phi) is 6.04. The van der Waals surface area contributed by atoms with Crippen LogP contribution in [0.5, 0.6) is 0 Å². The van der Waals surface area contributed by atoms with Crippen molar-refractivity contribution in [3.63, 3.8) is 0 Å². The van der Waals surface area contributed by atoms with Crippen LogP contribution in [0.25, 0.3) is 0 Å². The fraction of sp³-hybridized carbons (Fsp3) is 0.450. The topological polar surface area (TPSA) is 148 Å². The lowest BCUT2D eigenvalue weighted by molar-refractivity contribution is -0.150. The summed E-state index contributed by atoms with van der Waals surface area (Å²) in [5.74, 6) is -2.50. The molecule has 0 unspecified atom stereocenters. The molecule has 30 heavy (non-hydrogen) atoms. The minimum Gasteiger partial charge on any atom is -0.454 e. The first-order valence-electron chi connectivity index (χ1n) is 9.72. The summed E-state index contributed by atoms with van der Waals surface area (Å²) in [6, 6.07) is 5.24. The highest BCUT2D eigenvalue weighted by molar-refractivity contribution is 6.09. The monoisotopic (exact) mass is 416 g/mol. The van der Waals surface area contributed by atoms with Gasteiger partial charge in [-0.3, -0.25) is 24.1 Å². The van der Waals surface area contributed by atoms with Crippen molar-refractivity contribution in [3.05, 3.63) is 29.8 Å². The van der Waals surface area contributed by atoms with E-state index in [1.807, 2.05) is 6.92 Å². The number of nitrogens with zero attached hydrogens (tertiary/aromatic N) is 1. The predicted molar refractivity (Wildman–Crippen MR) is 105 cm³/mol. The van der Waals surface area contributed by atoms with Gasteiger partial charge in [-0.2, -0.15) is 0 Å². The van der Waals surface area contributed by atoms with Gasteiger partial charge in [-0.05, 0) is 43.0 Å². The molecule has 4 N–H and O–H groups in total. The van der Waals surface area contributed by atoms with E-state index in [4.69, 9.17) is 10.5 Å². The van der Waals surface area contributed by atoms with Crippen LogP contribution in [0.3, 0.4) is 0 Å². The van der Waals surface area contributed by atoms with E-state index >= 15 is 0 Å². The molecule has 1 aromatic rings. The van der Waals surface area contributed by atoms with Crippen LogP contribution in [-0.4, -0.2) is 53.3 Å². The average Bonchev–Trinajstić information content (AvgIpc) is 2.94. The first kappa shape index (κ1) is 21.3. The van der Waals surface area contributed by atoms with Crippen LogP contribution in [-0.2, 0) is 19.1 Å². The van der Waals surface area contributed by atoms with E-state index in [9.17, 15) is 24.0 Å². The third-order valence-corrected chi connectivity index (χ3v) is 5.61. The zero-order chi connectivity index (χ0) is 21.9. The minimum atomic E-state index is -0.954. The van der Waals surface area contributed by atoms with Crippen molar-refractivity contribution >= 4 is 35.4 Å². The summed E-state index contributed by atoms with van der Waals surface area (Å²) in [5.41, 5.74) is 4.87. The van der Waals surface area contributed by atoms with Crippen LogP contribution in [0, 0.1) is 5.92 Å². The maximum absolute atomic E-state index is 12.8. The molecule has 1 aliphatic carbocycles. The number of amides is 5. The van der Waals surface area contributed by atoms with Gasteiger partial charge in [-0.25, -0.2) is 4.79 Å². The second kappa shape index (κ2) is 8.52. The fourth-order valence-electron chi connectivity index (χ4n) is 3.87. The van der Waals surface area contributed by atoms with Crippen molar-refractivity contribution in [2.75, 3.05) is 18.5 Å². The molecule has 160 valence electrons. The molecular weight excluding hydrogens is 392 g/mol. The molecule has 1 heterocycles. The lowest BCUT2D eigenvalue weighted by Crippen LogP contribution is -2.54. The molecule has 3 rings (SSSR count). The quantitative estimate of drug-likeness (QED) is 0.461. The van der Waals surface area contributed by atoms with Crippen molar-refractivity contribution < 1.29 is 28.7 Å². The van der Waals surface area contributed by atoms with Crippen LogP contribution in [0.4, 0.5) is 10.5 Å². The van der Waals surface area contributed by atoms with Gasteiger partial charge in [0.15, 0.2) is 6.61 Å². The lowest BCUT2D eigenvalue weighted by Gasteiger charge is -2.36. The largest absolute Gasteiger partial charge is 0.454 e. The lowest BCUT2D eigenvalue weighted by atomic mass is 9.73. The molecule has 1 aromatic carbocycles. The second-order valence-corrected chi connectivity index (χ2v) is 7.59. The average molecular weight is 416 g/mol. The molecule has 1 spiro atoms. The van der Waals surface area contributed by atoms with E-state index in [2.05, 4.69) is 10.6 Å². The van der Waals surface area contributed by atoms with Crippen molar-refractivity contribution in [2.24, 2.45) is 11.7 Å². The van der Waals surface area contributed by atoms with E-state index in [0.717, 1.165) is 24.2 Å². The maximum Gasteiger partial charge on any atom is 0.326 e. The zero-order valence-electron chi connectivity index (χ0n) is 16.6. The van der Waals surface area contributed by atoms with Crippen molar-refractivity contribution in [1.29, 1.82) is 0 Å². The molecule has 0 aromatic heterocycles. The Balaban J connectivity index is 1.50. The highest BCUT2D eigenvalue weighted by Crippen LogP contribution is 2.38. The fourth-order valence-corrected chi connectivity index (χ4v) is 3.87. The van der Waals surface area contributed by atoms with Gasteiger partial charge in [-0.1, -0.05) is 19.8 Å². The molecule has 1 saturated heterocycles. The summed E-state index contributed by atoms with van der Waals surface area (Å²) in [6.45, 7) is 0.779. The second-order valence-electron chi connectivity index (χ2n) is 7.59. The number of anilines is 1. The van der Waals surface area contributed by atoms with Gasteiger partial charge in [0, 0.05) is 11.3 Å². The number of urea groups is 1. The Bertz CT molecular complexity index is 884. The summed E-state index contributed by atoms with van der Waals surface area (Å²) < 4.78 is 4.90. The third kappa shape index (κ3) is 4.27. The number of nitrogens with one attached hydrogen (secondary N) is 2. The Morgan fingerprint density at radius 2 is 1.93 bits per heavy atom. The van der Waals surface area contributed by atoms with Gasteiger partial charge in [0.1, 0.15) is 12.1 Å². The number of hydrogen-bond donors (Lipinski definition) is 3. The third-order valence-electron chi connectivity index (χ3n) is 5.61. The van der Waals surface area contributed by atoms with Gasteiger partial charge in [0.25, 0.3) is 11.8 Å². The summed E-state index contributed by atoms with van der Waals surface area (Å²) >= 11 is 0. The van der Waals surface area contributed by atoms with E-state index in [1.165, 1.54) is 24.3 Å². The first-order valence-corrected chi connectivity index (χ1v) is 9.72. The Hall–Kier alpha value is -3.43. The number of ether oxygens (including phenoxy) is 1. The summed E-state index contributed by atoms with van der Waals surface area (Å²) in [6.07, 6.45) is 3.19. The zero-order valence-corrected chi connectivity index (χ0v) is 16.6. The number of hydrogen-bond acceptors (Lipinski definition) is 6. The summed E-state index contributed by atoms with van der Waals surface area (Å²) in [7, 11) is 0. The molecule has 2 aliphatic rings. The van der Waals surface area contributed by atoms with Gasteiger partial charge in [-0.15, -0.1) is 0 Å². The number of imide groups is 1. The van der Waals surface area contributed by atoms with E-state index in [1.54, 1.807) is 0 Å². The van der Waals surface area contributed by atoms with Gasteiger partial charge in [0.05, 0.1) is 0 Å². The molecule has 1 aliphatic heterocycles. The summed E-state index contributed by atoms with van der Waals surface area (Å²) in [4.78, 5) is 61.0. The smallest absolute Gasteiger partial charge is 0.326 e. The van der Waals surface area contributed by atoms with Crippen LogP contribution in [0.15, 0.2) is 24.3 Å². The molecule has 10 heteroatoms. The number of nitrogens with two attached hydrogens (primary N) is 1. The Labute approximate surface area is 173 Å². The van der Waals surface area contributed by atoms with E-state index < -0.39 is 48.4 Å². The van der Waals surface area contributed by atoms with Crippen LogP contribution < -0.4 is 16.4 Å². The number of benzene rings is 1. The van der Waals surface area contributed by atoms with Crippen molar-refractivity contribution in [3.8, 4) is 0 Å². The predicted octanol–water partition coefficient (Wildman–Crippen LogP) is 0.768. The summed E-state index contributed by atoms with van der Waals surface area (Å²) in [5, 5.41) is 5.25. The SMILES string of the molecule is C[C@H]1CCCC[C@@]12NC(=O)N(CC(=O)OCC(=O)Nc1ccc(C(N)=O)cc1)C2=O. The van der Waals surface area contributed by atoms with Gasteiger partial charge >= 0.3 is 12.0 Å². The number of carbonyl (C=O) groups excluding carboxylic acids is 5. The minimum absolute atomic E-state index is 0.0181. The molecule has 2 atom stereocenters. The van der Waals surface area contributed by atoms with Crippen molar-refractivity contribution in [2.45, 2.75) is 38.1 Å². The molecule has 0 bridgehead atoms. The number of primary amides is 1.